The summed E-state index contributed by atoms with van der Waals surface area (Å²) in [5.41, 5.74) is 3.24. The summed E-state index contributed by atoms with van der Waals surface area (Å²) in [6.45, 7) is 2.92. The second-order valence-electron chi connectivity index (χ2n) is 6.38. The van der Waals surface area contributed by atoms with Gasteiger partial charge in [0, 0.05) is 19.6 Å². The molecule has 0 unspecified atom stereocenters. The van der Waals surface area contributed by atoms with Crippen molar-refractivity contribution in [2.45, 2.75) is 19.1 Å². The molecule has 0 fully saturated rings. The number of hydrogen-bond acceptors (Lipinski definition) is 3. The first kappa shape index (κ1) is 22.3. The average Bonchev–Trinajstić information content (AvgIpc) is 3.07. The van der Waals surface area contributed by atoms with E-state index in [1.165, 1.54) is 11.1 Å². The molecule has 9 heteroatoms. The molecule has 1 aromatic heterocycles. The van der Waals surface area contributed by atoms with E-state index in [1.54, 1.807) is 18.2 Å². The highest BCUT2D eigenvalue weighted by Gasteiger charge is 2.35. The van der Waals surface area contributed by atoms with E-state index in [1.807, 2.05) is 6.07 Å². The van der Waals surface area contributed by atoms with E-state index in [4.69, 9.17) is 4.74 Å². The number of benzene rings is 2. The van der Waals surface area contributed by atoms with Gasteiger partial charge in [0.25, 0.3) is 0 Å². The van der Waals surface area contributed by atoms with Crippen LogP contribution in [0.4, 0.5) is 13.2 Å². The fraction of sp³-hybridized carbons (Fsp3) is 0.316. The first-order valence-corrected chi connectivity index (χ1v) is 8.48. The lowest BCUT2D eigenvalue weighted by Crippen LogP contribution is -2.33. The topological polar surface area (TPSA) is 41.1 Å². The van der Waals surface area contributed by atoms with E-state index in [0.717, 1.165) is 19.5 Å². The molecule has 0 spiro atoms. The number of aromatic nitrogens is 2. The Morgan fingerprint density at radius 3 is 2.54 bits per heavy atom. The normalized spacial score (nSPS) is 14.1. The van der Waals surface area contributed by atoms with Crippen LogP contribution in [0.2, 0.25) is 0 Å². The van der Waals surface area contributed by atoms with Crippen LogP contribution < -0.4 is 4.74 Å². The van der Waals surface area contributed by atoms with Crippen LogP contribution in [0, 0.1) is 0 Å². The monoisotopic (exact) mass is 433 g/mol. The van der Waals surface area contributed by atoms with E-state index in [9.17, 15) is 13.2 Å². The van der Waals surface area contributed by atoms with Crippen molar-refractivity contribution in [3.05, 3.63) is 59.4 Å². The van der Waals surface area contributed by atoms with Gasteiger partial charge >= 0.3 is 6.18 Å². The molecule has 1 N–H and O–H groups in total. The summed E-state index contributed by atoms with van der Waals surface area (Å²) in [7, 11) is 0. The highest BCUT2D eigenvalue weighted by Crippen LogP contribution is 2.31. The number of fused-ring (bicyclic) bond motifs is 2. The Bertz CT molecular complexity index is 930. The quantitative estimate of drug-likeness (QED) is 0.638. The van der Waals surface area contributed by atoms with Crippen LogP contribution in [-0.2, 0) is 19.1 Å². The predicted octanol–water partition coefficient (Wildman–Crippen LogP) is 4.86. The molecular weight excluding hydrogens is 414 g/mol. The zero-order chi connectivity index (χ0) is 18.1. The second-order valence-corrected chi connectivity index (χ2v) is 6.38. The fourth-order valence-corrected chi connectivity index (χ4v) is 3.29. The van der Waals surface area contributed by atoms with E-state index in [-0.39, 0.29) is 30.3 Å². The van der Waals surface area contributed by atoms with Gasteiger partial charge in [-0.2, -0.15) is 13.2 Å². The average molecular weight is 434 g/mol. The summed E-state index contributed by atoms with van der Waals surface area (Å²) in [5, 5.41) is 0. The first-order chi connectivity index (χ1) is 12.5. The van der Waals surface area contributed by atoms with Crippen LogP contribution in [0.15, 0.2) is 42.5 Å². The minimum absolute atomic E-state index is 0. The van der Waals surface area contributed by atoms with Crippen molar-refractivity contribution in [1.29, 1.82) is 0 Å². The Balaban J connectivity index is 0.00000140. The van der Waals surface area contributed by atoms with Gasteiger partial charge in [-0.1, -0.05) is 30.3 Å². The summed E-state index contributed by atoms with van der Waals surface area (Å²) in [4.78, 5) is 8.25. The summed E-state index contributed by atoms with van der Waals surface area (Å²) in [5.74, 6) is -0.636. The molecule has 0 aliphatic carbocycles. The summed E-state index contributed by atoms with van der Waals surface area (Å²) >= 11 is 0. The van der Waals surface area contributed by atoms with E-state index >= 15 is 0 Å². The lowest BCUT2D eigenvalue weighted by atomic mass is 10.0. The number of ether oxygens (including phenoxy) is 1. The third-order valence-corrected chi connectivity index (χ3v) is 4.62. The smallest absolute Gasteiger partial charge is 0.449 e. The third-order valence-electron chi connectivity index (χ3n) is 4.62. The SMILES string of the molecule is Cl.Cl.FC(F)(F)c1nc2c(OCCN3CCc4ccccc4C3)cccc2[nH]1. The first-order valence-electron chi connectivity index (χ1n) is 8.48. The largest absolute Gasteiger partial charge is 0.490 e. The molecule has 4 rings (SSSR count). The van der Waals surface area contributed by atoms with Gasteiger partial charge in [-0.05, 0) is 29.7 Å². The molecule has 0 atom stereocenters. The molecule has 0 bridgehead atoms. The van der Waals surface area contributed by atoms with E-state index in [0.29, 0.717) is 24.4 Å². The molecule has 3 aromatic rings. The molecule has 0 radical (unpaired) electrons. The van der Waals surface area contributed by atoms with Crippen molar-refractivity contribution in [3.8, 4) is 5.75 Å². The van der Waals surface area contributed by atoms with Crippen LogP contribution in [-0.4, -0.2) is 34.6 Å². The summed E-state index contributed by atoms with van der Waals surface area (Å²) in [6.07, 6.45) is -3.50. The van der Waals surface area contributed by atoms with Gasteiger partial charge in [-0.15, -0.1) is 24.8 Å². The molecule has 1 aliphatic heterocycles. The third kappa shape index (κ3) is 4.71. The van der Waals surface area contributed by atoms with Crippen LogP contribution in [0.1, 0.15) is 17.0 Å². The Kier molecular flexibility index (Phi) is 7.20. The number of nitrogens with zero attached hydrogens (tertiary/aromatic N) is 2. The molecule has 4 nitrogen and oxygen atoms in total. The highest BCUT2D eigenvalue weighted by molar-refractivity contribution is 5.85. The highest BCUT2D eigenvalue weighted by atomic mass is 35.5. The van der Waals surface area contributed by atoms with Gasteiger partial charge in [-0.3, -0.25) is 4.90 Å². The standard InChI is InChI=1S/C19H18F3N3O.2ClH/c20-19(21,22)18-23-15-6-3-7-16(17(15)24-18)26-11-10-25-9-8-13-4-1-2-5-14(13)12-25;;/h1-7H,8-12H2,(H,23,24);2*1H. The van der Waals surface area contributed by atoms with Gasteiger partial charge in [0.1, 0.15) is 17.9 Å². The number of alkyl halides is 3. The number of imidazole rings is 1. The molecule has 1 aliphatic rings. The number of hydrogen-bond donors (Lipinski definition) is 1. The van der Waals surface area contributed by atoms with Crippen molar-refractivity contribution >= 4 is 35.8 Å². The minimum Gasteiger partial charge on any atom is -0.490 e. The summed E-state index contributed by atoms with van der Waals surface area (Å²) in [6, 6.07) is 13.2. The minimum atomic E-state index is -4.50. The van der Waals surface area contributed by atoms with Gasteiger partial charge in [-0.25, -0.2) is 4.98 Å². The number of H-pyrrole nitrogens is 1. The van der Waals surface area contributed by atoms with Crippen molar-refractivity contribution in [1.82, 2.24) is 14.9 Å². The molecule has 0 saturated carbocycles. The van der Waals surface area contributed by atoms with E-state index in [2.05, 4.69) is 33.1 Å². The van der Waals surface area contributed by atoms with Crippen LogP contribution >= 0.6 is 24.8 Å². The van der Waals surface area contributed by atoms with E-state index < -0.39 is 12.0 Å². The maximum atomic E-state index is 12.8. The number of nitrogens with one attached hydrogen (secondary N) is 1. The zero-order valence-corrected chi connectivity index (χ0v) is 16.5. The molecule has 2 aromatic carbocycles. The number of rotatable bonds is 4. The molecular formula is C19H20Cl2F3N3O. The zero-order valence-electron chi connectivity index (χ0n) is 14.8. The maximum Gasteiger partial charge on any atom is 0.449 e. The lowest BCUT2D eigenvalue weighted by molar-refractivity contribution is -0.144. The molecule has 2 heterocycles. The van der Waals surface area contributed by atoms with Crippen molar-refractivity contribution < 1.29 is 17.9 Å². The molecule has 0 amide bonds. The number of aromatic amines is 1. The fourth-order valence-electron chi connectivity index (χ4n) is 3.29. The van der Waals surface area contributed by atoms with Gasteiger partial charge in [0.15, 0.2) is 0 Å². The second kappa shape index (κ2) is 9.03. The Labute approximate surface area is 172 Å². The van der Waals surface area contributed by atoms with Crippen LogP contribution in [0.25, 0.3) is 11.0 Å². The predicted molar refractivity (Wildman–Crippen MR) is 107 cm³/mol. The van der Waals surface area contributed by atoms with Gasteiger partial charge in [0.05, 0.1) is 5.52 Å². The van der Waals surface area contributed by atoms with Crippen LogP contribution in [0.3, 0.4) is 0 Å². The summed E-state index contributed by atoms with van der Waals surface area (Å²) < 4.78 is 44.2. The van der Waals surface area contributed by atoms with Crippen molar-refractivity contribution in [3.63, 3.8) is 0 Å². The number of para-hydroxylation sites is 1. The molecule has 0 saturated heterocycles. The molecule has 28 heavy (non-hydrogen) atoms. The van der Waals surface area contributed by atoms with Gasteiger partial charge < -0.3 is 9.72 Å². The Morgan fingerprint density at radius 1 is 1.04 bits per heavy atom. The van der Waals surface area contributed by atoms with Gasteiger partial charge in [0.2, 0.25) is 5.82 Å². The van der Waals surface area contributed by atoms with Crippen LogP contribution in [0.5, 0.6) is 5.75 Å². The van der Waals surface area contributed by atoms with Crippen molar-refractivity contribution in [2.24, 2.45) is 0 Å². The molecule has 152 valence electrons. The van der Waals surface area contributed by atoms with Crippen molar-refractivity contribution in [2.75, 3.05) is 19.7 Å². The lowest BCUT2D eigenvalue weighted by Gasteiger charge is -2.28. The number of halogens is 5. The Hall–Kier alpha value is -1.96. The Morgan fingerprint density at radius 2 is 1.79 bits per heavy atom. The maximum absolute atomic E-state index is 12.8.